The molecule has 0 amide bonds. The summed E-state index contributed by atoms with van der Waals surface area (Å²) >= 11 is 0. The number of hydrogen-bond donors (Lipinski definition) is 0. The minimum Gasteiger partial charge on any atom is -0.399 e. The van der Waals surface area contributed by atoms with E-state index in [0.29, 0.717) is 0 Å². The fourth-order valence-corrected chi connectivity index (χ4v) is 0.599. The van der Waals surface area contributed by atoms with Crippen LogP contribution in [-0.4, -0.2) is 13.3 Å². The van der Waals surface area contributed by atoms with Gasteiger partial charge in [-0.15, -0.1) is 0 Å². The lowest BCUT2D eigenvalue weighted by Gasteiger charge is -1.85. The maximum atomic E-state index is 4.50. The largest absolute Gasteiger partial charge is 0.399 e. The van der Waals surface area contributed by atoms with Gasteiger partial charge >= 0.3 is 0 Å². The van der Waals surface area contributed by atoms with Gasteiger partial charge in [-0.25, -0.2) is 4.98 Å². The first-order valence-electron chi connectivity index (χ1n) is 2.96. The van der Waals surface area contributed by atoms with Gasteiger partial charge in [0.15, 0.2) is 12.4 Å². The Morgan fingerprint density at radius 3 is 2.80 bits per heavy atom. The Hall–Kier alpha value is -1.38. The van der Waals surface area contributed by atoms with E-state index in [1.54, 1.807) is 6.21 Å². The summed E-state index contributed by atoms with van der Waals surface area (Å²) < 4.78 is 0. The summed E-state index contributed by atoms with van der Waals surface area (Å²) in [5, 5.41) is 3.60. The minimum atomic E-state index is 1.01. The van der Waals surface area contributed by atoms with Crippen molar-refractivity contribution in [1.29, 1.82) is 0 Å². The molecule has 1 heterocycles. The van der Waals surface area contributed by atoms with Crippen LogP contribution in [0, 0.1) is 0 Å². The van der Waals surface area contributed by atoms with Crippen LogP contribution in [0.1, 0.15) is 5.56 Å². The fraction of sp³-hybridized carbons (Fsp3) is 0.143. The fourth-order valence-electron chi connectivity index (χ4n) is 0.599. The Kier molecular flexibility index (Phi) is 2.43. The molecule has 1 rings (SSSR count). The summed E-state index contributed by atoms with van der Waals surface area (Å²) in [4.78, 5) is 7.41. The first-order chi connectivity index (χ1) is 4.93. The molecule has 0 aliphatic rings. The van der Waals surface area contributed by atoms with Gasteiger partial charge in [-0.3, -0.25) is 0 Å². The lowest BCUT2D eigenvalue weighted by Crippen LogP contribution is -1.97. The average Bonchev–Trinajstić information content (AvgIpc) is 2.03. The van der Waals surface area contributed by atoms with E-state index in [-0.39, 0.29) is 0 Å². The van der Waals surface area contributed by atoms with Crippen LogP contribution in [0.4, 0.5) is 0 Å². The first kappa shape index (κ1) is 6.74. The smallest absolute Gasteiger partial charge is 0.167 e. The third-order valence-corrected chi connectivity index (χ3v) is 1.05. The highest BCUT2D eigenvalue weighted by Crippen LogP contribution is 1.87. The molecule has 0 aromatic carbocycles. The van der Waals surface area contributed by atoms with Gasteiger partial charge < -0.3 is 4.84 Å². The third kappa shape index (κ3) is 1.85. The summed E-state index contributed by atoms with van der Waals surface area (Å²) in [5.74, 6) is 0. The second-order valence-electron chi connectivity index (χ2n) is 1.75. The van der Waals surface area contributed by atoms with Crippen LogP contribution in [0.2, 0.25) is 0 Å². The highest BCUT2D eigenvalue weighted by atomic mass is 16.6. The van der Waals surface area contributed by atoms with E-state index in [2.05, 4.69) is 15.0 Å². The monoisotopic (exact) mass is 137 g/mol. The lowest BCUT2D eigenvalue weighted by molar-refractivity contribution is -0.378. The van der Waals surface area contributed by atoms with Crippen molar-refractivity contribution in [2.24, 2.45) is 5.16 Å². The van der Waals surface area contributed by atoms with Gasteiger partial charge in [0.25, 0.3) is 0 Å². The molecule has 0 bridgehead atoms. The third-order valence-electron chi connectivity index (χ3n) is 1.05. The Labute approximate surface area is 59.3 Å². The molecule has 0 spiro atoms. The predicted octanol–water partition coefficient (Wildman–Crippen LogP) is 0.481. The Bertz CT molecular complexity index is 208. The highest BCUT2D eigenvalue weighted by Gasteiger charge is 1.85. The molecule has 10 heavy (non-hydrogen) atoms. The second kappa shape index (κ2) is 3.61. The number of pyridine rings is 1. The molecule has 0 saturated heterocycles. The number of rotatable bonds is 2. The number of hydrogen-bond acceptors (Lipinski definition) is 2. The van der Waals surface area contributed by atoms with E-state index < -0.39 is 0 Å². The summed E-state index contributed by atoms with van der Waals surface area (Å²) in [6.45, 7) is 0. The molecule has 3 nitrogen and oxygen atoms in total. The number of nitrogens with zero attached hydrogens (tertiary/aromatic N) is 1. The van der Waals surface area contributed by atoms with E-state index >= 15 is 0 Å². The van der Waals surface area contributed by atoms with Gasteiger partial charge in [0.1, 0.15) is 7.11 Å². The number of H-pyrrole nitrogens is 1. The first-order valence-corrected chi connectivity index (χ1v) is 2.96. The molecule has 0 fully saturated rings. The van der Waals surface area contributed by atoms with Crippen LogP contribution in [0.5, 0.6) is 0 Å². The molecular formula is C7H9N2O+. The molecule has 1 N–H and O–H groups in total. The Morgan fingerprint density at radius 2 is 2.20 bits per heavy atom. The average molecular weight is 137 g/mol. The van der Waals surface area contributed by atoms with Crippen molar-refractivity contribution < 1.29 is 9.82 Å². The van der Waals surface area contributed by atoms with Crippen molar-refractivity contribution in [3.63, 3.8) is 0 Å². The van der Waals surface area contributed by atoms with Gasteiger partial charge in [0.2, 0.25) is 0 Å². The molecule has 52 valence electrons. The van der Waals surface area contributed by atoms with Crippen LogP contribution in [0.15, 0.2) is 29.7 Å². The zero-order chi connectivity index (χ0) is 7.23. The minimum absolute atomic E-state index is 1.01. The number of aromatic nitrogens is 1. The predicted molar refractivity (Wildman–Crippen MR) is 37.6 cm³/mol. The van der Waals surface area contributed by atoms with Crippen molar-refractivity contribution in [2.75, 3.05) is 7.11 Å². The van der Waals surface area contributed by atoms with E-state index in [0.717, 1.165) is 5.56 Å². The van der Waals surface area contributed by atoms with E-state index in [1.165, 1.54) is 7.11 Å². The number of oxime groups is 1. The van der Waals surface area contributed by atoms with Crippen LogP contribution in [-0.2, 0) is 4.84 Å². The maximum Gasteiger partial charge on any atom is 0.167 e. The zero-order valence-electron chi connectivity index (χ0n) is 5.74. The highest BCUT2D eigenvalue weighted by molar-refractivity contribution is 5.78. The Morgan fingerprint density at radius 1 is 1.50 bits per heavy atom. The molecule has 0 radical (unpaired) electrons. The number of nitrogens with one attached hydrogen (secondary N) is 1. The van der Waals surface area contributed by atoms with Crippen molar-refractivity contribution in [2.45, 2.75) is 0 Å². The molecule has 1 aromatic heterocycles. The summed E-state index contributed by atoms with van der Waals surface area (Å²) in [7, 11) is 1.52. The van der Waals surface area contributed by atoms with Crippen molar-refractivity contribution in [3.05, 3.63) is 30.1 Å². The van der Waals surface area contributed by atoms with Crippen LogP contribution in [0.3, 0.4) is 0 Å². The van der Waals surface area contributed by atoms with E-state index in [9.17, 15) is 0 Å². The SMILES string of the molecule is CON=Cc1cc[nH+]cc1. The van der Waals surface area contributed by atoms with Crippen molar-refractivity contribution >= 4 is 6.21 Å². The van der Waals surface area contributed by atoms with Crippen LogP contribution >= 0.6 is 0 Å². The van der Waals surface area contributed by atoms with Crippen molar-refractivity contribution in [3.8, 4) is 0 Å². The summed E-state index contributed by atoms with van der Waals surface area (Å²) in [6.07, 6.45) is 5.31. The van der Waals surface area contributed by atoms with Crippen molar-refractivity contribution in [1.82, 2.24) is 0 Å². The summed E-state index contributed by atoms with van der Waals surface area (Å²) in [5.41, 5.74) is 1.01. The second-order valence-corrected chi connectivity index (χ2v) is 1.75. The zero-order valence-corrected chi connectivity index (χ0v) is 5.74. The van der Waals surface area contributed by atoms with Crippen LogP contribution < -0.4 is 4.98 Å². The normalized spacial score (nSPS) is 10.1. The van der Waals surface area contributed by atoms with Gasteiger partial charge in [-0.1, -0.05) is 5.16 Å². The van der Waals surface area contributed by atoms with Gasteiger partial charge in [-0.2, -0.15) is 0 Å². The quantitative estimate of drug-likeness (QED) is 0.431. The molecule has 3 heteroatoms. The standard InChI is InChI=1S/C7H8N2O/c1-10-9-6-7-2-4-8-5-3-7/h2-6H,1H3/p+1. The lowest BCUT2D eigenvalue weighted by atomic mass is 10.3. The van der Waals surface area contributed by atoms with Gasteiger partial charge in [0.05, 0.1) is 6.21 Å². The van der Waals surface area contributed by atoms with E-state index in [1.807, 2.05) is 24.5 Å². The number of aromatic amines is 1. The molecule has 0 aliphatic heterocycles. The van der Waals surface area contributed by atoms with Gasteiger partial charge in [-0.05, 0) is 0 Å². The molecule has 0 saturated carbocycles. The Balaban J connectivity index is 2.67. The maximum absolute atomic E-state index is 4.50. The van der Waals surface area contributed by atoms with Gasteiger partial charge in [0, 0.05) is 17.7 Å². The summed E-state index contributed by atoms with van der Waals surface area (Å²) in [6, 6.07) is 3.81. The molecular weight excluding hydrogens is 128 g/mol. The van der Waals surface area contributed by atoms with E-state index in [4.69, 9.17) is 0 Å². The molecule has 0 aliphatic carbocycles. The molecule has 1 aromatic rings. The molecule has 0 atom stereocenters. The van der Waals surface area contributed by atoms with Crippen LogP contribution in [0.25, 0.3) is 0 Å². The molecule has 0 unspecified atom stereocenters. The topological polar surface area (TPSA) is 35.7 Å².